The molecule has 9 heteroatoms. The Morgan fingerprint density at radius 1 is 1.06 bits per heavy atom. The van der Waals surface area contributed by atoms with Gasteiger partial charge in [-0.25, -0.2) is 15.0 Å². The van der Waals surface area contributed by atoms with E-state index in [1.807, 2.05) is 45.0 Å². The smallest absolute Gasteiger partial charge is 0.166 e. The fourth-order valence-electron chi connectivity index (χ4n) is 3.81. The SMILES string of the molecule is Cc1nc(N2CCN(C)CC2)c2nc(-c3ccccc3Cl)n(CC(C)(C)CO)c2n1.Cl. The first-order valence-electron chi connectivity index (χ1n) is 10.3. The van der Waals surface area contributed by atoms with Crippen molar-refractivity contribution in [3.05, 3.63) is 35.1 Å². The second kappa shape index (κ2) is 9.28. The van der Waals surface area contributed by atoms with E-state index in [4.69, 9.17) is 26.6 Å². The molecule has 0 saturated carbocycles. The number of likely N-dealkylation sites (N-methyl/N-ethyl adjacent to an activating group) is 1. The number of halogens is 2. The van der Waals surface area contributed by atoms with E-state index in [2.05, 4.69) is 21.4 Å². The fourth-order valence-corrected chi connectivity index (χ4v) is 4.03. The summed E-state index contributed by atoms with van der Waals surface area (Å²) < 4.78 is 2.08. The Morgan fingerprint density at radius 2 is 1.74 bits per heavy atom. The Balaban J connectivity index is 0.00000272. The van der Waals surface area contributed by atoms with Gasteiger partial charge in [-0.05, 0) is 26.1 Å². The van der Waals surface area contributed by atoms with Gasteiger partial charge in [-0.15, -0.1) is 12.4 Å². The first kappa shape index (κ1) is 23.7. The molecule has 1 aliphatic rings. The number of fused-ring (bicyclic) bond motifs is 1. The van der Waals surface area contributed by atoms with Crippen LogP contribution in [0.4, 0.5) is 5.82 Å². The van der Waals surface area contributed by atoms with Gasteiger partial charge in [0.1, 0.15) is 11.6 Å². The number of aromatic nitrogens is 4. The van der Waals surface area contributed by atoms with Crippen LogP contribution in [-0.2, 0) is 6.54 Å². The molecule has 0 bridgehead atoms. The number of benzene rings is 1. The van der Waals surface area contributed by atoms with Crippen LogP contribution in [0.3, 0.4) is 0 Å². The number of piperazine rings is 1. The third kappa shape index (κ3) is 4.80. The number of nitrogens with zero attached hydrogens (tertiary/aromatic N) is 6. The maximum atomic E-state index is 9.91. The lowest BCUT2D eigenvalue weighted by Crippen LogP contribution is -2.45. The molecule has 0 spiro atoms. The van der Waals surface area contributed by atoms with Crippen molar-refractivity contribution >= 4 is 41.0 Å². The Bertz CT molecular complexity index is 1060. The summed E-state index contributed by atoms with van der Waals surface area (Å²) in [4.78, 5) is 19.2. The van der Waals surface area contributed by atoms with Crippen LogP contribution in [0.5, 0.6) is 0 Å². The summed E-state index contributed by atoms with van der Waals surface area (Å²) in [5.74, 6) is 2.34. The van der Waals surface area contributed by atoms with E-state index in [0.29, 0.717) is 17.4 Å². The summed E-state index contributed by atoms with van der Waals surface area (Å²) in [7, 11) is 2.14. The van der Waals surface area contributed by atoms with Crippen LogP contribution in [0, 0.1) is 12.3 Å². The zero-order valence-corrected chi connectivity index (χ0v) is 20.0. The molecule has 0 unspecified atom stereocenters. The first-order valence-corrected chi connectivity index (χ1v) is 10.7. The molecule has 2 aromatic heterocycles. The average molecular weight is 465 g/mol. The largest absolute Gasteiger partial charge is 0.396 e. The van der Waals surface area contributed by atoms with Crippen LogP contribution in [0.25, 0.3) is 22.6 Å². The van der Waals surface area contributed by atoms with Crippen LogP contribution in [-0.4, -0.2) is 69.4 Å². The monoisotopic (exact) mass is 464 g/mol. The number of rotatable bonds is 5. The summed E-state index contributed by atoms with van der Waals surface area (Å²) >= 11 is 6.54. The van der Waals surface area contributed by atoms with Gasteiger partial charge < -0.3 is 19.5 Å². The maximum Gasteiger partial charge on any atom is 0.166 e. The Hall–Kier alpha value is -1.93. The van der Waals surface area contributed by atoms with Gasteiger partial charge in [0, 0.05) is 50.3 Å². The topological polar surface area (TPSA) is 70.3 Å². The number of hydrogen-bond acceptors (Lipinski definition) is 6. The summed E-state index contributed by atoms with van der Waals surface area (Å²) in [5, 5.41) is 10.6. The van der Waals surface area contributed by atoms with Gasteiger partial charge in [-0.2, -0.15) is 0 Å². The summed E-state index contributed by atoms with van der Waals surface area (Å²) in [5.41, 5.74) is 2.09. The van der Waals surface area contributed by atoms with Crippen molar-refractivity contribution < 1.29 is 5.11 Å². The first-order chi connectivity index (χ1) is 14.3. The molecule has 4 rings (SSSR count). The van der Waals surface area contributed by atoms with Gasteiger partial charge in [0.15, 0.2) is 17.0 Å². The number of anilines is 1. The van der Waals surface area contributed by atoms with Gasteiger partial charge in [0.25, 0.3) is 0 Å². The molecule has 3 heterocycles. The van der Waals surface area contributed by atoms with E-state index < -0.39 is 0 Å². The Kier molecular flexibility index (Phi) is 7.11. The standard InChI is InChI=1S/C22H29ClN6O.ClH/c1-15-24-20(28-11-9-27(4)10-12-28)18-21(25-15)29(13-22(2,3)14-30)19(26-18)16-7-5-6-8-17(16)23;/h5-8,30H,9-14H2,1-4H3;1H. The van der Waals surface area contributed by atoms with Crippen LogP contribution < -0.4 is 4.90 Å². The highest BCUT2D eigenvalue weighted by molar-refractivity contribution is 6.33. The van der Waals surface area contributed by atoms with Crippen molar-refractivity contribution in [1.29, 1.82) is 0 Å². The highest BCUT2D eigenvalue weighted by Crippen LogP contribution is 2.34. The molecule has 0 radical (unpaired) electrons. The molecule has 0 atom stereocenters. The molecule has 168 valence electrons. The highest BCUT2D eigenvalue weighted by Gasteiger charge is 2.27. The lowest BCUT2D eigenvalue weighted by Gasteiger charge is -2.33. The van der Waals surface area contributed by atoms with Gasteiger partial charge in [0.2, 0.25) is 0 Å². The van der Waals surface area contributed by atoms with Crippen molar-refractivity contribution in [1.82, 2.24) is 24.4 Å². The Morgan fingerprint density at radius 3 is 2.39 bits per heavy atom. The van der Waals surface area contributed by atoms with Crippen molar-refractivity contribution in [2.24, 2.45) is 5.41 Å². The lowest BCUT2D eigenvalue weighted by atomic mass is 9.94. The fraction of sp³-hybridized carbons (Fsp3) is 0.500. The predicted molar refractivity (Wildman–Crippen MR) is 128 cm³/mol. The third-order valence-electron chi connectivity index (χ3n) is 5.62. The van der Waals surface area contributed by atoms with Crippen LogP contribution in [0.2, 0.25) is 5.02 Å². The molecule has 1 aliphatic heterocycles. The number of aryl methyl sites for hydroxylation is 1. The number of hydrogen-bond donors (Lipinski definition) is 1. The van der Waals surface area contributed by atoms with Crippen molar-refractivity contribution in [3.8, 4) is 11.4 Å². The summed E-state index contributed by atoms with van der Waals surface area (Å²) in [6.45, 7) is 10.4. The molecule has 0 aliphatic carbocycles. The second-order valence-corrected chi connectivity index (χ2v) is 9.29. The van der Waals surface area contributed by atoms with Crippen molar-refractivity contribution in [2.45, 2.75) is 27.3 Å². The van der Waals surface area contributed by atoms with Gasteiger partial charge in [0.05, 0.1) is 5.02 Å². The van der Waals surface area contributed by atoms with Gasteiger partial charge in [-0.3, -0.25) is 0 Å². The molecule has 31 heavy (non-hydrogen) atoms. The minimum atomic E-state index is -0.337. The summed E-state index contributed by atoms with van der Waals surface area (Å²) in [6, 6.07) is 7.72. The highest BCUT2D eigenvalue weighted by atomic mass is 35.5. The number of aliphatic hydroxyl groups is 1. The molecular formula is C22H30Cl2N6O. The summed E-state index contributed by atoms with van der Waals surface area (Å²) in [6.07, 6.45) is 0. The zero-order chi connectivity index (χ0) is 21.5. The minimum absolute atomic E-state index is 0. The molecule has 1 aromatic carbocycles. The molecule has 7 nitrogen and oxygen atoms in total. The van der Waals surface area contributed by atoms with Crippen molar-refractivity contribution in [2.75, 3.05) is 44.7 Å². The number of imidazole rings is 1. The molecule has 1 fully saturated rings. The molecular weight excluding hydrogens is 435 g/mol. The minimum Gasteiger partial charge on any atom is -0.396 e. The normalized spacial score (nSPS) is 15.4. The molecule has 1 saturated heterocycles. The van der Waals surface area contributed by atoms with E-state index in [1.165, 1.54) is 0 Å². The van der Waals surface area contributed by atoms with Crippen LogP contribution in [0.1, 0.15) is 19.7 Å². The zero-order valence-electron chi connectivity index (χ0n) is 18.5. The average Bonchev–Trinajstić information content (AvgIpc) is 3.06. The van der Waals surface area contributed by atoms with Gasteiger partial charge >= 0.3 is 0 Å². The van der Waals surface area contributed by atoms with Gasteiger partial charge in [-0.1, -0.05) is 37.6 Å². The molecule has 0 amide bonds. The van der Waals surface area contributed by atoms with Crippen molar-refractivity contribution in [3.63, 3.8) is 0 Å². The second-order valence-electron chi connectivity index (χ2n) is 8.88. The van der Waals surface area contributed by atoms with E-state index in [-0.39, 0.29) is 24.4 Å². The van der Waals surface area contributed by atoms with E-state index in [1.54, 1.807) is 0 Å². The molecule has 1 N–H and O–H groups in total. The quantitative estimate of drug-likeness (QED) is 0.621. The Labute approximate surface area is 194 Å². The number of aliphatic hydroxyl groups excluding tert-OH is 1. The van der Waals surface area contributed by atoms with Crippen LogP contribution in [0.15, 0.2) is 24.3 Å². The van der Waals surface area contributed by atoms with E-state index in [9.17, 15) is 5.11 Å². The van der Waals surface area contributed by atoms with E-state index in [0.717, 1.165) is 54.5 Å². The molecule has 3 aromatic rings. The van der Waals surface area contributed by atoms with E-state index >= 15 is 0 Å². The predicted octanol–water partition coefficient (Wildman–Crippen LogP) is 3.65. The third-order valence-corrected chi connectivity index (χ3v) is 5.95. The lowest BCUT2D eigenvalue weighted by molar-refractivity contribution is 0.142. The van der Waals surface area contributed by atoms with Crippen LogP contribution >= 0.6 is 24.0 Å². The maximum absolute atomic E-state index is 9.91.